The van der Waals surface area contributed by atoms with Gasteiger partial charge in [0.15, 0.2) is 0 Å². The summed E-state index contributed by atoms with van der Waals surface area (Å²) in [5.41, 5.74) is 2.47. The molecule has 1 N–H and O–H groups in total. The molecule has 0 bridgehead atoms. The van der Waals surface area contributed by atoms with Gasteiger partial charge in [-0.1, -0.05) is 11.6 Å². The Kier molecular flexibility index (Phi) is 6.82. The van der Waals surface area contributed by atoms with Crippen molar-refractivity contribution in [2.24, 2.45) is 5.92 Å². The Balaban J connectivity index is 1.39. The molecule has 0 spiro atoms. The zero-order valence-corrected chi connectivity index (χ0v) is 19.2. The topological polar surface area (TPSA) is 71.4 Å². The Hall–Kier alpha value is -2.12. The van der Waals surface area contributed by atoms with Gasteiger partial charge in [-0.25, -0.2) is 8.42 Å². The van der Waals surface area contributed by atoms with Gasteiger partial charge in [0.25, 0.3) is 0 Å². The Labute approximate surface area is 185 Å². The number of hydrogen-bond acceptors (Lipinski definition) is 3. The number of carbonyl (C=O) groups is 1. The van der Waals surface area contributed by atoms with Crippen molar-refractivity contribution in [3.05, 3.63) is 42.1 Å². The summed E-state index contributed by atoms with van der Waals surface area (Å²) in [7, 11) is -3.62. The maximum atomic E-state index is 13.3. The lowest BCUT2D eigenvalue weighted by Gasteiger charge is -2.31. The van der Waals surface area contributed by atoms with Gasteiger partial charge in [-0.3, -0.25) is 4.79 Å². The van der Waals surface area contributed by atoms with E-state index in [1.807, 2.05) is 18.3 Å². The number of nitrogens with one attached hydrogen (secondary N) is 1. The Morgan fingerprint density at radius 1 is 1.19 bits per heavy atom. The fourth-order valence-electron chi connectivity index (χ4n) is 4.76. The van der Waals surface area contributed by atoms with Gasteiger partial charge in [-0.15, -0.1) is 0 Å². The summed E-state index contributed by atoms with van der Waals surface area (Å²) in [6, 6.07) is 7.26. The molecule has 2 aromatic rings. The van der Waals surface area contributed by atoms with Crippen LogP contribution in [0.5, 0.6) is 0 Å². The van der Waals surface area contributed by atoms with Crippen LogP contribution in [0.15, 0.2) is 47.0 Å². The molecule has 7 heteroatoms. The smallest absolute Gasteiger partial charge is 0.243 e. The highest BCUT2D eigenvalue weighted by molar-refractivity contribution is 7.89. The number of carbonyl (C=O) groups excluding carboxylic acids is 1. The number of benzene rings is 1. The van der Waals surface area contributed by atoms with Gasteiger partial charge in [0.05, 0.1) is 10.8 Å². The number of allylic oxidation sites excluding steroid dienone is 1. The second-order valence-corrected chi connectivity index (χ2v) is 10.6. The third-order valence-corrected chi connectivity index (χ3v) is 8.47. The second kappa shape index (κ2) is 9.57. The van der Waals surface area contributed by atoms with E-state index in [-0.39, 0.29) is 18.4 Å². The van der Waals surface area contributed by atoms with E-state index in [1.165, 1.54) is 22.7 Å². The molecule has 1 saturated heterocycles. The number of aryl methyl sites for hydroxylation is 1. The first-order valence-corrected chi connectivity index (χ1v) is 13.0. The summed E-state index contributed by atoms with van der Waals surface area (Å²) in [5.74, 6) is -0.305. The number of aromatic nitrogens is 1. The van der Waals surface area contributed by atoms with E-state index in [0.29, 0.717) is 24.4 Å². The predicted octanol–water partition coefficient (Wildman–Crippen LogP) is 4.07. The first kappa shape index (κ1) is 22.1. The van der Waals surface area contributed by atoms with Crippen molar-refractivity contribution in [1.29, 1.82) is 0 Å². The van der Waals surface area contributed by atoms with Crippen LogP contribution in [0.25, 0.3) is 10.9 Å². The van der Waals surface area contributed by atoms with Crippen LogP contribution in [-0.4, -0.2) is 42.8 Å². The summed E-state index contributed by atoms with van der Waals surface area (Å²) < 4.78 is 30.1. The molecule has 0 radical (unpaired) electrons. The number of amides is 1. The summed E-state index contributed by atoms with van der Waals surface area (Å²) >= 11 is 0. The highest BCUT2D eigenvalue weighted by atomic mass is 32.2. The molecule has 0 saturated carbocycles. The largest absolute Gasteiger partial charge is 0.356 e. The van der Waals surface area contributed by atoms with Gasteiger partial charge < -0.3 is 9.88 Å². The van der Waals surface area contributed by atoms with Crippen molar-refractivity contribution >= 4 is 26.8 Å². The quantitative estimate of drug-likeness (QED) is 0.656. The highest BCUT2D eigenvalue weighted by Crippen LogP contribution is 2.27. The summed E-state index contributed by atoms with van der Waals surface area (Å²) in [4.78, 5) is 13.0. The molecule has 2 aliphatic rings. The van der Waals surface area contributed by atoms with Crippen molar-refractivity contribution < 1.29 is 13.2 Å². The lowest BCUT2D eigenvalue weighted by atomic mass is 9.96. The van der Waals surface area contributed by atoms with Crippen LogP contribution in [0.4, 0.5) is 0 Å². The zero-order chi connectivity index (χ0) is 21.8. The van der Waals surface area contributed by atoms with E-state index in [9.17, 15) is 13.2 Å². The average Bonchev–Trinajstić information content (AvgIpc) is 3.22. The fourth-order valence-corrected chi connectivity index (χ4v) is 6.32. The Morgan fingerprint density at radius 3 is 2.84 bits per heavy atom. The summed E-state index contributed by atoms with van der Waals surface area (Å²) in [6.07, 6.45) is 11.4. The molecule has 1 amide bonds. The number of rotatable bonds is 7. The molecule has 2 heterocycles. The normalized spacial score (nSPS) is 20.5. The lowest BCUT2D eigenvalue weighted by Crippen LogP contribution is -2.45. The Bertz CT molecular complexity index is 1070. The number of piperidine rings is 1. The molecule has 6 nitrogen and oxygen atoms in total. The summed E-state index contributed by atoms with van der Waals surface area (Å²) in [5, 5.41) is 3.96. The zero-order valence-electron chi connectivity index (χ0n) is 18.3. The van der Waals surface area contributed by atoms with E-state index in [1.54, 1.807) is 12.1 Å². The van der Waals surface area contributed by atoms with E-state index >= 15 is 0 Å². The molecule has 1 aliphatic heterocycles. The van der Waals surface area contributed by atoms with Crippen LogP contribution in [0.1, 0.15) is 51.9 Å². The highest BCUT2D eigenvalue weighted by Gasteiger charge is 2.33. The lowest BCUT2D eigenvalue weighted by molar-refractivity contribution is -0.126. The molecule has 1 atom stereocenters. The predicted molar refractivity (Wildman–Crippen MR) is 123 cm³/mol. The van der Waals surface area contributed by atoms with Crippen molar-refractivity contribution in [2.45, 2.75) is 63.3 Å². The van der Waals surface area contributed by atoms with Crippen LogP contribution < -0.4 is 5.32 Å². The van der Waals surface area contributed by atoms with Gasteiger partial charge in [0, 0.05) is 43.3 Å². The molecule has 31 heavy (non-hydrogen) atoms. The number of nitrogens with zero attached hydrogens (tertiary/aromatic N) is 2. The molecule has 1 aromatic heterocycles. The van der Waals surface area contributed by atoms with Gasteiger partial charge >= 0.3 is 0 Å². The molecule has 4 rings (SSSR count). The van der Waals surface area contributed by atoms with Crippen LogP contribution in [0.3, 0.4) is 0 Å². The van der Waals surface area contributed by atoms with Crippen molar-refractivity contribution in [1.82, 2.24) is 14.2 Å². The molecule has 0 unspecified atom stereocenters. The minimum Gasteiger partial charge on any atom is -0.356 e. The molecule has 1 fully saturated rings. The average molecular weight is 444 g/mol. The maximum absolute atomic E-state index is 13.3. The fraction of sp³-hybridized carbons (Fsp3) is 0.542. The van der Waals surface area contributed by atoms with Gasteiger partial charge in [0.1, 0.15) is 0 Å². The molecule has 1 aliphatic carbocycles. The van der Waals surface area contributed by atoms with Crippen LogP contribution in [0.2, 0.25) is 0 Å². The van der Waals surface area contributed by atoms with Gasteiger partial charge in [-0.05, 0) is 76.1 Å². The first-order chi connectivity index (χ1) is 15.0. The maximum Gasteiger partial charge on any atom is 0.243 e. The van der Waals surface area contributed by atoms with Crippen molar-refractivity contribution in [3.63, 3.8) is 0 Å². The van der Waals surface area contributed by atoms with E-state index in [2.05, 4.69) is 22.9 Å². The standard InChI is InChI=1S/C24H33N3O3S/c1-2-26-16-13-20-17-22(10-11-23(20)26)31(29,30)27-15-6-9-21(18-27)24(28)25-14-12-19-7-4-3-5-8-19/h7,10-11,13,16-17,21H,2-6,8-9,12,14-15,18H2,1H3,(H,25,28)/t21-/m0/s1. The third kappa shape index (κ3) is 4.88. The summed E-state index contributed by atoms with van der Waals surface area (Å²) in [6.45, 7) is 4.27. The monoisotopic (exact) mass is 443 g/mol. The van der Waals surface area contributed by atoms with Crippen molar-refractivity contribution in [2.75, 3.05) is 19.6 Å². The number of fused-ring (bicyclic) bond motifs is 1. The van der Waals surface area contributed by atoms with E-state index in [4.69, 9.17) is 0 Å². The third-order valence-electron chi connectivity index (χ3n) is 6.61. The molecular weight excluding hydrogens is 410 g/mol. The number of sulfonamides is 1. The van der Waals surface area contributed by atoms with Gasteiger partial charge in [-0.2, -0.15) is 4.31 Å². The second-order valence-electron chi connectivity index (χ2n) is 8.67. The first-order valence-electron chi connectivity index (χ1n) is 11.5. The van der Waals surface area contributed by atoms with Crippen molar-refractivity contribution in [3.8, 4) is 0 Å². The van der Waals surface area contributed by atoms with E-state index < -0.39 is 10.0 Å². The SMILES string of the molecule is CCn1ccc2cc(S(=O)(=O)N3CCC[C@H](C(=O)NCCC4=CCCCC4)C3)ccc21. The van der Waals surface area contributed by atoms with Gasteiger partial charge in [0.2, 0.25) is 15.9 Å². The van der Waals surface area contributed by atoms with Crippen LogP contribution >= 0.6 is 0 Å². The minimum absolute atomic E-state index is 0.0215. The number of hydrogen-bond donors (Lipinski definition) is 1. The van der Waals surface area contributed by atoms with Crippen LogP contribution in [-0.2, 0) is 21.4 Å². The van der Waals surface area contributed by atoms with Crippen LogP contribution in [0, 0.1) is 5.92 Å². The minimum atomic E-state index is -3.62. The van der Waals surface area contributed by atoms with E-state index in [0.717, 1.165) is 43.1 Å². The molecule has 1 aromatic carbocycles. The molecular formula is C24H33N3O3S. The molecule has 168 valence electrons. The Morgan fingerprint density at radius 2 is 2.06 bits per heavy atom.